The van der Waals surface area contributed by atoms with E-state index in [0.29, 0.717) is 18.7 Å². The highest BCUT2D eigenvalue weighted by atomic mass is 32.1. The molecule has 128 valence electrons. The minimum absolute atomic E-state index is 0.0630. The molecule has 2 aromatic carbocycles. The molecule has 3 aromatic rings. The number of hydrogen-bond donors (Lipinski definition) is 1. The monoisotopic (exact) mass is 352 g/mol. The van der Waals surface area contributed by atoms with Crippen LogP contribution >= 0.6 is 11.3 Å². The Morgan fingerprint density at radius 3 is 2.56 bits per heavy atom. The van der Waals surface area contributed by atoms with Gasteiger partial charge in [0.05, 0.1) is 13.1 Å². The molecule has 1 aromatic heterocycles. The quantitative estimate of drug-likeness (QED) is 0.736. The Bertz CT molecular complexity index is 874. The molecule has 0 aliphatic heterocycles. The number of likely N-dealkylation sites (N-methyl/N-ethyl adjacent to an activating group) is 1. The summed E-state index contributed by atoms with van der Waals surface area (Å²) in [6.45, 7) is 2.93. The van der Waals surface area contributed by atoms with Crippen LogP contribution in [0.15, 0.2) is 60.0 Å². The maximum absolute atomic E-state index is 12.7. The Hall–Kier alpha value is -2.66. The molecule has 4 nitrogen and oxygen atoms in total. The van der Waals surface area contributed by atoms with Crippen LogP contribution in [0.3, 0.4) is 0 Å². The molecule has 1 heterocycles. The van der Waals surface area contributed by atoms with E-state index in [4.69, 9.17) is 0 Å². The minimum Gasteiger partial charge on any atom is -0.350 e. The molecule has 1 N–H and O–H groups in total. The van der Waals surface area contributed by atoms with Gasteiger partial charge in [-0.3, -0.25) is 9.59 Å². The van der Waals surface area contributed by atoms with Crippen LogP contribution < -0.4 is 5.32 Å². The van der Waals surface area contributed by atoms with Gasteiger partial charge in [-0.2, -0.15) is 0 Å². The average Bonchev–Trinajstić information content (AvgIpc) is 3.17. The molecular weight excluding hydrogens is 332 g/mol. The summed E-state index contributed by atoms with van der Waals surface area (Å²) in [4.78, 5) is 27.5. The zero-order valence-electron chi connectivity index (χ0n) is 14.1. The lowest BCUT2D eigenvalue weighted by Crippen LogP contribution is -2.40. The molecule has 2 amide bonds. The maximum Gasteiger partial charge on any atom is 0.254 e. The van der Waals surface area contributed by atoms with E-state index in [2.05, 4.69) is 5.32 Å². The van der Waals surface area contributed by atoms with Crippen LogP contribution in [0.5, 0.6) is 0 Å². The second-order valence-electron chi connectivity index (χ2n) is 5.74. The van der Waals surface area contributed by atoms with Crippen LogP contribution in [-0.4, -0.2) is 29.8 Å². The van der Waals surface area contributed by atoms with Crippen LogP contribution in [0.4, 0.5) is 0 Å². The molecule has 5 heteroatoms. The summed E-state index contributed by atoms with van der Waals surface area (Å²) in [6, 6.07) is 17.5. The number of carbonyl (C=O) groups is 2. The van der Waals surface area contributed by atoms with Gasteiger partial charge in [0.2, 0.25) is 5.91 Å². The van der Waals surface area contributed by atoms with E-state index in [-0.39, 0.29) is 18.4 Å². The Morgan fingerprint density at radius 2 is 1.84 bits per heavy atom. The van der Waals surface area contributed by atoms with Gasteiger partial charge in [0.1, 0.15) is 0 Å². The number of rotatable bonds is 6. The van der Waals surface area contributed by atoms with Crippen molar-refractivity contribution in [3.05, 3.63) is 70.4 Å². The summed E-state index contributed by atoms with van der Waals surface area (Å²) in [7, 11) is 0. The molecule has 0 radical (unpaired) electrons. The lowest BCUT2D eigenvalue weighted by molar-refractivity contribution is -0.121. The number of thiophene rings is 1. The van der Waals surface area contributed by atoms with Crippen LogP contribution in [0, 0.1) is 0 Å². The smallest absolute Gasteiger partial charge is 0.254 e. The molecule has 0 aliphatic rings. The van der Waals surface area contributed by atoms with E-state index in [1.54, 1.807) is 16.2 Å². The van der Waals surface area contributed by atoms with Gasteiger partial charge in [0.25, 0.3) is 5.91 Å². The van der Waals surface area contributed by atoms with Crippen molar-refractivity contribution in [2.75, 3.05) is 13.1 Å². The van der Waals surface area contributed by atoms with E-state index in [1.165, 1.54) is 0 Å². The first-order valence-corrected chi connectivity index (χ1v) is 9.12. The third kappa shape index (κ3) is 4.25. The van der Waals surface area contributed by atoms with Crippen LogP contribution in [0.25, 0.3) is 10.8 Å². The van der Waals surface area contributed by atoms with E-state index < -0.39 is 0 Å². The fourth-order valence-corrected chi connectivity index (χ4v) is 3.30. The summed E-state index contributed by atoms with van der Waals surface area (Å²) >= 11 is 1.60. The largest absolute Gasteiger partial charge is 0.350 e. The van der Waals surface area contributed by atoms with Crippen LogP contribution in [0.1, 0.15) is 22.2 Å². The van der Waals surface area contributed by atoms with Gasteiger partial charge in [-0.05, 0) is 41.3 Å². The Balaban J connectivity index is 1.66. The van der Waals surface area contributed by atoms with Crippen LogP contribution in [-0.2, 0) is 11.3 Å². The first-order chi connectivity index (χ1) is 12.2. The second-order valence-corrected chi connectivity index (χ2v) is 6.77. The third-order valence-corrected chi connectivity index (χ3v) is 4.92. The lowest BCUT2D eigenvalue weighted by Gasteiger charge is -2.20. The van der Waals surface area contributed by atoms with Crippen LogP contribution in [0.2, 0.25) is 0 Å². The van der Waals surface area contributed by atoms with Gasteiger partial charge >= 0.3 is 0 Å². The van der Waals surface area contributed by atoms with Crippen molar-refractivity contribution in [2.45, 2.75) is 13.5 Å². The van der Waals surface area contributed by atoms with Gasteiger partial charge < -0.3 is 10.2 Å². The zero-order valence-corrected chi connectivity index (χ0v) is 14.9. The van der Waals surface area contributed by atoms with E-state index in [0.717, 1.165) is 15.6 Å². The van der Waals surface area contributed by atoms with E-state index >= 15 is 0 Å². The van der Waals surface area contributed by atoms with Crippen molar-refractivity contribution in [1.29, 1.82) is 0 Å². The third-order valence-electron chi connectivity index (χ3n) is 4.04. The molecule has 0 aliphatic carbocycles. The molecule has 0 spiro atoms. The summed E-state index contributed by atoms with van der Waals surface area (Å²) < 4.78 is 0. The summed E-state index contributed by atoms with van der Waals surface area (Å²) in [5.74, 6) is -0.274. The highest BCUT2D eigenvalue weighted by Gasteiger charge is 2.17. The van der Waals surface area contributed by atoms with Crippen molar-refractivity contribution in [2.24, 2.45) is 0 Å². The van der Waals surface area contributed by atoms with Crippen molar-refractivity contribution in [3.8, 4) is 0 Å². The number of fused-ring (bicyclic) bond motifs is 1. The molecule has 0 unspecified atom stereocenters. The molecule has 0 saturated carbocycles. The predicted octanol–water partition coefficient (Wildman–Crippen LogP) is 3.68. The maximum atomic E-state index is 12.7. The Kier molecular flexibility index (Phi) is 5.46. The number of amides is 2. The number of hydrogen-bond acceptors (Lipinski definition) is 3. The number of nitrogens with zero attached hydrogens (tertiary/aromatic N) is 1. The van der Waals surface area contributed by atoms with Crippen molar-refractivity contribution < 1.29 is 9.59 Å². The molecule has 3 rings (SSSR count). The number of nitrogens with one attached hydrogen (secondary N) is 1. The SMILES string of the molecule is CCN(CC(=O)NCc1cccs1)C(=O)c1ccc2ccccc2c1. The van der Waals surface area contributed by atoms with Gasteiger partial charge in [0, 0.05) is 17.0 Å². The van der Waals surface area contributed by atoms with Crippen molar-refractivity contribution >= 4 is 33.9 Å². The highest BCUT2D eigenvalue weighted by Crippen LogP contribution is 2.17. The fraction of sp³-hybridized carbons (Fsp3) is 0.200. The first-order valence-electron chi connectivity index (χ1n) is 8.24. The zero-order chi connectivity index (χ0) is 17.6. The average molecular weight is 352 g/mol. The normalized spacial score (nSPS) is 10.6. The van der Waals surface area contributed by atoms with Gasteiger partial charge in [0.15, 0.2) is 0 Å². The van der Waals surface area contributed by atoms with Gasteiger partial charge in [-0.15, -0.1) is 11.3 Å². The minimum atomic E-state index is -0.149. The number of carbonyl (C=O) groups excluding carboxylic acids is 2. The van der Waals surface area contributed by atoms with Gasteiger partial charge in [-0.25, -0.2) is 0 Å². The molecule has 0 saturated heterocycles. The Labute approximate surface area is 151 Å². The standard InChI is InChI=1S/C20H20N2O2S/c1-2-22(14-19(23)21-13-18-8-5-11-25-18)20(24)17-10-9-15-6-3-4-7-16(15)12-17/h3-12H,2,13-14H2,1H3,(H,21,23). The van der Waals surface area contributed by atoms with E-state index in [1.807, 2.05) is 66.9 Å². The molecule has 0 atom stereocenters. The molecule has 25 heavy (non-hydrogen) atoms. The Morgan fingerprint density at radius 1 is 1.04 bits per heavy atom. The summed E-state index contributed by atoms with van der Waals surface area (Å²) in [5, 5.41) is 6.95. The highest BCUT2D eigenvalue weighted by molar-refractivity contribution is 7.09. The lowest BCUT2D eigenvalue weighted by atomic mass is 10.1. The predicted molar refractivity (Wildman–Crippen MR) is 102 cm³/mol. The van der Waals surface area contributed by atoms with Crippen molar-refractivity contribution in [1.82, 2.24) is 10.2 Å². The van der Waals surface area contributed by atoms with Gasteiger partial charge in [-0.1, -0.05) is 36.4 Å². The topological polar surface area (TPSA) is 49.4 Å². The number of benzene rings is 2. The molecular formula is C20H20N2O2S. The second kappa shape index (κ2) is 7.94. The summed E-state index contributed by atoms with van der Waals surface area (Å²) in [5.41, 5.74) is 0.603. The van der Waals surface area contributed by atoms with Crippen molar-refractivity contribution in [3.63, 3.8) is 0 Å². The molecule has 0 bridgehead atoms. The molecule has 0 fully saturated rings. The fourth-order valence-electron chi connectivity index (χ4n) is 2.66. The summed E-state index contributed by atoms with van der Waals surface area (Å²) in [6.07, 6.45) is 0. The van der Waals surface area contributed by atoms with E-state index in [9.17, 15) is 9.59 Å². The first kappa shape index (κ1) is 17.2.